The number of nitrogens with one attached hydrogen (secondary N) is 2. The van der Waals surface area contributed by atoms with Gasteiger partial charge in [-0.3, -0.25) is 0 Å². The van der Waals surface area contributed by atoms with E-state index in [2.05, 4.69) is 22.8 Å². The zero-order valence-corrected chi connectivity index (χ0v) is 12.8. The van der Waals surface area contributed by atoms with Crippen molar-refractivity contribution in [2.75, 3.05) is 26.7 Å². The van der Waals surface area contributed by atoms with Crippen LogP contribution in [-0.2, 0) is 6.54 Å². The van der Waals surface area contributed by atoms with Gasteiger partial charge >= 0.3 is 0 Å². The molecule has 0 aliphatic carbocycles. The fourth-order valence-corrected chi connectivity index (χ4v) is 2.29. The molecule has 1 heterocycles. The molecule has 1 aliphatic rings. The van der Waals surface area contributed by atoms with Crippen LogP contribution >= 0.6 is 0 Å². The monoisotopic (exact) mass is 304 g/mol. The second kappa shape index (κ2) is 10.3. The molecule has 2 rings (SSSR count). The van der Waals surface area contributed by atoms with Crippen molar-refractivity contribution in [2.24, 2.45) is 5.92 Å². The molecule has 0 spiro atoms. The third kappa shape index (κ3) is 6.48. The number of halogens is 2. The second-order valence-electron chi connectivity index (χ2n) is 4.68. The molecule has 3 nitrogen and oxygen atoms in total. The maximum atomic E-state index is 5.22. The first-order valence-corrected chi connectivity index (χ1v) is 6.43. The van der Waals surface area contributed by atoms with Crippen LogP contribution in [0.5, 0.6) is 5.75 Å². The minimum absolute atomic E-state index is 0. The van der Waals surface area contributed by atoms with Gasteiger partial charge in [0.1, 0.15) is 5.75 Å². The van der Waals surface area contributed by atoms with Crippen molar-refractivity contribution in [2.45, 2.75) is 19.4 Å². The Hall–Kier alpha value is -0.480. The zero-order chi connectivity index (χ0) is 11.9. The van der Waals surface area contributed by atoms with Gasteiger partial charge in [0.15, 0.2) is 0 Å². The number of hydrogen-bond donors (Lipinski definition) is 2. The molecule has 0 amide bonds. The first-order valence-electron chi connectivity index (χ1n) is 6.43. The molecule has 5 heteroatoms. The van der Waals surface area contributed by atoms with Gasteiger partial charge in [-0.1, -0.05) is 12.1 Å². The van der Waals surface area contributed by atoms with Crippen molar-refractivity contribution in [3.63, 3.8) is 0 Å². The summed E-state index contributed by atoms with van der Waals surface area (Å²) in [6, 6.07) is 8.25. The summed E-state index contributed by atoms with van der Waals surface area (Å²) in [7, 11) is 1.71. The summed E-state index contributed by atoms with van der Waals surface area (Å²) in [6.07, 6.45) is 2.59. The Balaban J connectivity index is 0.00000162. The lowest BCUT2D eigenvalue weighted by Crippen LogP contribution is -3.00. The highest BCUT2D eigenvalue weighted by Crippen LogP contribution is 2.13. The molecule has 1 saturated heterocycles. The molecule has 1 aromatic carbocycles. The van der Waals surface area contributed by atoms with Crippen molar-refractivity contribution in [1.82, 2.24) is 10.6 Å². The van der Waals surface area contributed by atoms with Crippen molar-refractivity contribution >= 4 is 0 Å². The Morgan fingerprint density at radius 2 is 2.00 bits per heavy atom. The van der Waals surface area contributed by atoms with E-state index >= 15 is 0 Å². The number of piperidine rings is 1. The van der Waals surface area contributed by atoms with Crippen LogP contribution in [0.3, 0.4) is 0 Å². The van der Waals surface area contributed by atoms with Gasteiger partial charge in [-0.25, -0.2) is 0 Å². The van der Waals surface area contributed by atoms with Gasteiger partial charge in [-0.05, 0) is 56.1 Å². The van der Waals surface area contributed by atoms with Crippen molar-refractivity contribution in [3.05, 3.63) is 29.8 Å². The molecule has 0 aromatic heterocycles. The number of benzene rings is 1. The third-order valence-electron chi connectivity index (χ3n) is 3.36. The molecule has 2 N–H and O–H groups in total. The minimum atomic E-state index is 0. The molecular weight excluding hydrogens is 283 g/mol. The molecule has 1 fully saturated rings. The van der Waals surface area contributed by atoms with Crippen molar-refractivity contribution < 1.29 is 29.6 Å². The summed E-state index contributed by atoms with van der Waals surface area (Å²) < 4.78 is 5.22. The Labute approximate surface area is 128 Å². The average Bonchev–Trinajstić information content (AvgIpc) is 2.40. The number of hydrogen-bond acceptors (Lipinski definition) is 3. The number of ether oxygens (including phenoxy) is 1. The van der Waals surface area contributed by atoms with Crippen LogP contribution < -0.4 is 40.2 Å². The molecule has 0 bridgehead atoms. The molecule has 0 unspecified atom stereocenters. The zero-order valence-electron chi connectivity index (χ0n) is 11.3. The van der Waals surface area contributed by atoms with Crippen LogP contribution in [0.1, 0.15) is 18.4 Å². The molecular formula is C14H22Cl2N2O-2. The van der Waals surface area contributed by atoms with E-state index in [1.54, 1.807) is 7.11 Å². The number of rotatable bonds is 5. The highest BCUT2D eigenvalue weighted by atomic mass is 35.5. The lowest BCUT2D eigenvalue weighted by molar-refractivity contribution is -0.00100. The van der Waals surface area contributed by atoms with Gasteiger partial charge in [0, 0.05) is 6.54 Å². The van der Waals surface area contributed by atoms with Crippen LogP contribution in [0.15, 0.2) is 24.3 Å². The molecule has 110 valence electrons. The van der Waals surface area contributed by atoms with Gasteiger partial charge in [-0.2, -0.15) is 0 Å². The van der Waals surface area contributed by atoms with E-state index in [0.29, 0.717) is 0 Å². The van der Waals surface area contributed by atoms with Gasteiger partial charge < -0.3 is 40.2 Å². The topological polar surface area (TPSA) is 33.3 Å². The van der Waals surface area contributed by atoms with Crippen LogP contribution in [0, 0.1) is 5.92 Å². The van der Waals surface area contributed by atoms with E-state index in [-0.39, 0.29) is 24.8 Å². The lowest BCUT2D eigenvalue weighted by Gasteiger charge is -2.22. The Morgan fingerprint density at radius 1 is 1.26 bits per heavy atom. The molecule has 0 atom stereocenters. The maximum absolute atomic E-state index is 5.22. The summed E-state index contributed by atoms with van der Waals surface area (Å²) in [4.78, 5) is 0. The van der Waals surface area contributed by atoms with Crippen LogP contribution in [-0.4, -0.2) is 26.7 Å². The number of methoxy groups -OCH3 is 1. The fourth-order valence-electron chi connectivity index (χ4n) is 2.29. The van der Waals surface area contributed by atoms with E-state index in [1.807, 2.05) is 12.1 Å². The Kier molecular flexibility index (Phi) is 10.1. The minimum Gasteiger partial charge on any atom is -1.00 e. The van der Waals surface area contributed by atoms with Crippen LogP contribution in [0.25, 0.3) is 0 Å². The van der Waals surface area contributed by atoms with E-state index in [0.717, 1.165) is 24.8 Å². The van der Waals surface area contributed by atoms with Gasteiger partial charge in [-0.15, -0.1) is 0 Å². The molecule has 1 aliphatic heterocycles. The summed E-state index contributed by atoms with van der Waals surface area (Å²) >= 11 is 0. The van der Waals surface area contributed by atoms with Crippen LogP contribution in [0.2, 0.25) is 0 Å². The third-order valence-corrected chi connectivity index (χ3v) is 3.36. The van der Waals surface area contributed by atoms with Gasteiger partial charge in [0.05, 0.1) is 7.11 Å². The van der Waals surface area contributed by atoms with Crippen LogP contribution in [0.4, 0.5) is 0 Å². The van der Waals surface area contributed by atoms with E-state index in [1.165, 1.54) is 31.5 Å². The quantitative estimate of drug-likeness (QED) is 0.579. The normalized spacial score (nSPS) is 15.2. The lowest BCUT2D eigenvalue weighted by atomic mass is 9.98. The predicted octanol–water partition coefficient (Wildman–Crippen LogP) is -4.21. The molecule has 0 saturated carbocycles. The van der Waals surface area contributed by atoms with E-state index in [4.69, 9.17) is 4.74 Å². The van der Waals surface area contributed by atoms with E-state index in [9.17, 15) is 0 Å². The van der Waals surface area contributed by atoms with E-state index < -0.39 is 0 Å². The summed E-state index contributed by atoms with van der Waals surface area (Å²) in [5.41, 5.74) is 1.29. The summed E-state index contributed by atoms with van der Waals surface area (Å²) in [5, 5.41) is 6.93. The largest absolute Gasteiger partial charge is 1.00 e. The maximum Gasteiger partial charge on any atom is 0.119 e. The Morgan fingerprint density at radius 3 is 2.68 bits per heavy atom. The van der Waals surface area contributed by atoms with Gasteiger partial charge in [0.25, 0.3) is 0 Å². The first kappa shape index (κ1) is 18.5. The standard InChI is InChI=1S/C14H22N2O.2ClH/c1-17-14-4-2-3-13(9-14)11-16-10-12-5-7-15-8-6-12;;/h2-4,9,12,15-16H,5-8,10-11H2,1H3;2*1H/p-2. The molecule has 1 aromatic rings. The smallest absolute Gasteiger partial charge is 0.119 e. The summed E-state index contributed by atoms with van der Waals surface area (Å²) in [5.74, 6) is 1.77. The fraction of sp³-hybridized carbons (Fsp3) is 0.571. The SMILES string of the molecule is COc1cccc(CNCC2CCNCC2)c1.[Cl-].[Cl-]. The Bertz CT molecular complexity index is 344. The first-order chi connectivity index (χ1) is 8.38. The average molecular weight is 305 g/mol. The predicted molar refractivity (Wildman–Crippen MR) is 70.3 cm³/mol. The molecule has 19 heavy (non-hydrogen) atoms. The molecule has 0 radical (unpaired) electrons. The van der Waals surface area contributed by atoms with Gasteiger partial charge in [0.2, 0.25) is 0 Å². The highest BCUT2D eigenvalue weighted by molar-refractivity contribution is 5.28. The summed E-state index contributed by atoms with van der Waals surface area (Å²) in [6.45, 7) is 4.40. The van der Waals surface area contributed by atoms with Crippen molar-refractivity contribution in [3.8, 4) is 5.75 Å². The van der Waals surface area contributed by atoms with Crippen molar-refractivity contribution in [1.29, 1.82) is 0 Å². The highest BCUT2D eigenvalue weighted by Gasteiger charge is 2.11. The second-order valence-corrected chi connectivity index (χ2v) is 4.68.